The van der Waals surface area contributed by atoms with Crippen LogP contribution in [0.4, 0.5) is 0 Å². The van der Waals surface area contributed by atoms with Gasteiger partial charge in [0.2, 0.25) is 0 Å². The number of hydrogen-bond acceptors (Lipinski definition) is 6. The van der Waals surface area contributed by atoms with Gasteiger partial charge in [0.15, 0.2) is 17.2 Å². The average Bonchev–Trinajstić information content (AvgIpc) is 2.74. The first-order valence-electron chi connectivity index (χ1n) is 5.00. The molecule has 0 radical (unpaired) electrons. The molecule has 0 aliphatic rings. The van der Waals surface area contributed by atoms with Gasteiger partial charge in [-0.1, -0.05) is 0 Å². The third-order valence-electron chi connectivity index (χ3n) is 2.15. The van der Waals surface area contributed by atoms with Crippen molar-refractivity contribution in [1.82, 2.24) is 4.98 Å². The highest BCUT2D eigenvalue weighted by molar-refractivity contribution is 7.20. The molecule has 94 valence electrons. The summed E-state index contributed by atoms with van der Waals surface area (Å²) in [5, 5.41) is 0.657. The fourth-order valence-corrected chi connectivity index (χ4v) is 2.43. The molecule has 0 aliphatic heterocycles. The molecule has 7 heteroatoms. The first-order chi connectivity index (χ1) is 8.63. The van der Waals surface area contributed by atoms with Gasteiger partial charge in [-0.15, -0.1) is 11.3 Å². The number of aromatic nitrogens is 1. The largest absolute Gasteiger partial charge is 0.481 e. The van der Waals surface area contributed by atoms with Crippen molar-refractivity contribution in [3.63, 3.8) is 0 Å². The summed E-state index contributed by atoms with van der Waals surface area (Å²) < 4.78 is 9.93. The van der Waals surface area contributed by atoms with Crippen LogP contribution >= 0.6 is 11.3 Å². The number of amides is 1. The molecule has 18 heavy (non-hydrogen) atoms. The van der Waals surface area contributed by atoms with Gasteiger partial charge in [0, 0.05) is 6.20 Å². The zero-order valence-corrected chi connectivity index (χ0v) is 10.3. The Balaban J connectivity index is 2.50. The van der Waals surface area contributed by atoms with E-state index in [0.29, 0.717) is 10.2 Å². The van der Waals surface area contributed by atoms with Crippen molar-refractivity contribution in [2.75, 3.05) is 13.7 Å². The Hall–Kier alpha value is -2.15. The van der Waals surface area contributed by atoms with Crippen LogP contribution in [0.3, 0.4) is 0 Å². The molecule has 0 fully saturated rings. The van der Waals surface area contributed by atoms with E-state index >= 15 is 0 Å². The zero-order valence-electron chi connectivity index (χ0n) is 9.50. The maximum atomic E-state index is 11.6. The first-order valence-corrected chi connectivity index (χ1v) is 5.82. The van der Waals surface area contributed by atoms with Crippen LogP contribution in [0.2, 0.25) is 0 Å². The molecule has 2 aromatic rings. The Bertz CT molecular complexity index is 608. The van der Waals surface area contributed by atoms with Gasteiger partial charge >= 0.3 is 5.97 Å². The lowest BCUT2D eigenvalue weighted by Crippen LogP contribution is -2.20. The van der Waals surface area contributed by atoms with E-state index in [1.165, 1.54) is 7.11 Å². The van der Waals surface area contributed by atoms with E-state index in [4.69, 9.17) is 10.5 Å². The Morgan fingerprint density at radius 2 is 2.28 bits per heavy atom. The van der Waals surface area contributed by atoms with Crippen LogP contribution in [0, 0.1) is 0 Å². The summed E-state index contributed by atoms with van der Waals surface area (Å²) in [6.45, 7) is -0.301. The molecule has 2 N–H and O–H groups in total. The molecule has 0 bridgehead atoms. The average molecular weight is 266 g/mol. The summed E-state index contributed by atoms with van der Waals surface area (Å²) in [5.41, 5.74) is 5.02. The number of esters is 1. The smallest absolute Gasteiger partial charge is 0.351 e. The second-order valence-corrected chi connectivity index (χ2v) is 4.36. The number of rotatable bonds is 4. The number of hydrogen-bond donors (Lipinski definition) is 1. The van der Waals surface area contributed by atoms with Gasteiger partial charge in [-0.2, -0.15) is 0 Å². The number of ether oxygens (including phenoxy) is 2. The molecule has 6 nitrogen and oxygen atoms in total. The quantitative estimate of drug-likeness (QED) is 0.832. The van der Waals surface area contributed by atoms with Crippen LogP contribution in [0.15, 0.2) is 18.3 Å². The third-order valence-corrected chi connectivity index (χ3v) is 3.23. The summed E-state index contributed by atoms with van der Waals surface area (Å²) in [6, 6.07) is 3.47. The molecule has 0 saturated carbocycles. The molecule has 2 heterocycles. The minimum atomic E-state index is -0.617. The van der Waals surface area contributed by atoms with Gasteiger partial charge < -0.3 is 15.2 Å². The summed E-state index contributed by atoms with van der Waals surface area (Å²) in [4.78, 5) is 27.4. The Kier molecular flexibility index (Phi) is 3.42. The fourth-order valence-electron chi connectivity index (χ4n) is 1.42. The maximum Gasteiger partial charge on any atom is 0.351 e. The van der Waals surface area contributed by atoms with Crippen LogP contribution in [0.5, 0.6) is 5.75 Å². The molecule has 2 aromatic heterocycles. The van der Waals surface area contributed by atoms with Crippen molar-refractivity contribution in [1.29, 1.82) is 0 Å². The number of nitrogens with zero attached hydrogens (tertiary/aromatic N) is 1. The van der Waals surface area contributed by atoms with E-state index in [-0.39, 0.29) is 17.2 Å². The third kappa shape index (κ3) is 2.25. The number of thiophene rings is 1. The van der Waals surface area contributed by atoms with Gasteiger partial charge in [0.05, 0.1) is 12.5 Å². The number of carbonyl (C=O) groups excluding carboxylic acids is 2. The number of methoxy groups -OCH3 is 1. The second kappa shape index (κ2) is 5.01. The lowest BCUT2D eigenvalue weighted by Gasteiger charge is -2.04. The van der Waals surface area contributed by atoms with E-state index in [1.807, 2.05) is 0 Å². The van der Waals surface area contributed by atoms with Gasteiger partial charge in [0.1, 0.15) is 4.83 Å². The molecule has 1 amide bonds. The molecular weight excluding hydrogens is 256 g/mol. The molecule has 0 aliphatic carbocycles. The molecule has 0 aromatic carbocycles. The predicted molar refractivity (Wildman–Crippen MR) is 65.6 cm³/mol. The lowest BCUT2D eigenvalue weighted by atomic mass is 10.3. The summed E-state index contributed by atoms with van der Waals surface area (Å²) in [6.07, 6.45) is 1.61. The van der Waals surface area contributed by atoms with Crippen molar-refractivity contribution in [2.45, 2.75) is 0 Å². The van der Waals surface area contributed by atoms with Crippen LogP contribution < -0.4 is 10.5 Å². The van der Waals surface area contributed by atoms with Crippen LogP contribution in [-0.4, -0.2) is 30.6 Å². The Labute approximate surface area is 106 Å². The van der Waals surface area contributed by atoms with Crippen molar-refractivity contribution < 1.29 is 19.1 Å². The molecule has 0 atom stereocenters. The highest BCUT2D eigenvalue weighted by Crippen LogP contribution is 2.36. The maximum absolute atomic E-state index is 11.6. The SMILES string of the molecule is COC(=O)c1sc2ncccc2c1OCC(N)=O. The van der Waals surface area contributed by atoms with E-state index < -0.39 is 11.9 Å². The zero-order chi connectivity index (χ0) is 13.1. The number of fused-ring (bicyclic) bond motifs is 1. The van der Waals surface area contributed by atoms with E-state index in [1.54, 1.807) is 18.3 Å². The predicted octanol–water partition coefficient (Wildman–Crippen LogP) is 0.947. The van der Waals surface area contributed by atoms with Crippen molar-refractivity contribution in [3.05, 3.63) is 23.2 Å². The molecule has 0 saturated heterocycles. The van der Waals surface area contributed by atoms with Crippen molar-refractivity contribution in [2.24, 2.45) is 5.73 Å². The number of pyridine rings is 1. The number of nitrogens with two attached hydrogens (primary N) is 1. The normalized spacial score (nSPS) is 10.3. The van der Waals surface area contributed by atoms with Gasteiger partial charge in [0.25, 0.3) is 5.91 Å². The number of carbonyl (C=O) groups is 2. The van der Waals surface area contributed by atoms with Gasteiger partial charge in [-0.3, -0.25) is 4.79 Å². The minimum Gasteiger partial charge on any atom is -0.481 e. The molecule has 0 spiro atoms. The summed E-state index contributed by atoms with van der Waals surface area (Å²) in [5.74, 6) is -0.861. The van der Waals surface area contributed by atoms with Gasteiger partial charge in [-0.25, -0.2) is 9.78 Å². The summed E-state index contributed by atoms with van der Waals surface area (Å²) in [7, 11) is 1.28. The van der Waals surface area contributed by atoms with E-state index in [0.717, 1.165) is 11.3 Å². The monoisotopic (exact) mass is 266 g/mol. The highest BCUT2D eigenvalue weighted by Gasteiger charge is 2.21. The van der Waals surface area contributed by atoms with Crippen LogP contribution in [0.25, 0.3) is 10.2 Å². The van der Waals surface area contributed by atoms with Crippen molar-refractivity contribution in [3.8, 4) is 5.75 Å². The first kappa shape index (κ1) is 12.3. The standard InChI is InChI=1S/C11H10N2O4S/c1-16-11(15)9-8(17-5-7(12)14)6-3-2-4-13-10(6)18-9/h2-4H,5H2,1H3,(H2,12,14). The minimum absolute atomic E-state index is 0.271. The second-order valence-electron chi connectivity index (χ2n) is 3.36. The molecule has 0 unspecified atom stereocenters. The lowest BCUT2D eigenvalue weighted by molar-refractivity contribution is -0.119. The Morgan fingerprint density at radius 3 is 2.94 bits per heavy atom. The summed E-state index contributed by atoms with van der Waals surface area (Å²) >= 11 is 1.15. The topological polar surface area (TPSA) is 91.5 Å². The Morgan fingerprint density at radius 1 is 1.50 bits per heavy atom. The molecule has 2 rings (SSSR count). The van der Waals surface area contributed by atoms with Crippen LogP contribution in [-0.2, 0) is 9.53 Å². The van der Waals surface area contributed by atoms with Crippen molar-refractivity contribution >= 4 is 33.4 Å². The van der Waals surface area contributed by atoms with E-state index in [2.05, 4.69) is 9.72 Å². The van der Waals surface area contributed by atoms with Gasteiger partial charge in [-0.05, 0) is 12.1 Å². The van der Waals surface area contributed by atoms with E-state index in [9.17, 15) is 9.59 Å². The van der Waals surface area contributed by atoms with Crippen LogP contribution in [0.1, 0.15) is 9.67 Å². The number of primary amides is 1. The highest BCUT2D eigenvalue weighted by atomic mass is 32.1. The molecular formula is C11H10N2O4S. The fraction of sp³-hybridized carbons (Fsp3) is 0.182.